The number of carbonyl (C=O) groups excluding carboxylic acids is 3. The smallest absolute Gasteiger partial charge is 0.407 e. The van der Waals surface area contributed by atoms with Crippen molar-refractivity contribution in [3.8, 4) is 11.3 Å². The van der Waals surface area contributed by atoms with Crippen molar-refractivity contribution in [1.29, 1.82) is 0 Å². The second kappa shape index (κ2) is 14.6. The molecule has 1 saturated carbocycles. The first-order valence-electron chi connectivity index (χ1n) is 14.2. The van der Waals surface area contributed by atoms with E-state index in [-0.39, 0.29) is 12.0 Å². The van der Waals surface area contributed by atoms with E-state index in [1.54, 1.807) is 0 Å². The molecule has 2 aromatic carbocycles. The summed E-state index contributed by atoms with van der Waals surface area (Å²) in [7, 11) is 0. The summed E-state index contributed by atoms with van der Waals surface area (Å²) in [5.74, 6) is -0.270. The Kier molecular flexibility index (Phi) is 11.2. The molecule has 1 aliphatic carbocycles. The summed E-state index contributed by atoms with van der Waals surface area (Å²) in [5.41, 5.74) is 7.84. The number of hydrogen-bond donors (Lipinski definition) is 3. The van der Waals surface area contributed by atoms with E-state index in [4.69, 9.17) is 19.6 Å². The lowest BCUT2D eigenvalue weighted by Gasteiger charge is -2.29. The molecule has 9 nitrogen and oxygen atoms in total. The van der Waals surface area contributed by atoms with Gasteiger partial charge in [0.25, 0.3) is 5.91 Å². The van der Waals surface area contributed by atoms with Crippen LogP contribution in [0, 0.1) is 11.8 Å². The van der Waals surface area contributed by atoms with Crippen LogP contribution in [0.2, 0.25) is 0 Å². The van der Waals surface area contributed by atoms with Crippen molar-refractivity contribution in [3.63, 3.8) is 0 Å². The molecule has 0 spiro atoms. The topological polar surface area (TPSA) is 148 Å². The molecule has 0 unspecified atom stereocenters. The quantitative estimate of drug-likeness (QED) is 0.402. The van der Waals surface area contributed by atoms with Crippen molar-refractivity contribution in [1.82, 2.24) is 15.6 Å². The van der Waals surface area contributed by atoms with Gasteiger partial charge in [0.1, 0.15) is 5.60 Å². The summed E-state index contributed by atoms with van der Waals surface area (Å²) >= 11 is 0. The molecule has 9 heteroatoms. The maximum absolute atomic E-state index is 13.3. The first kappa shape index (κ1) is 31.5. The fourth-order valence-corrected chi connectivity index (χ4v) is 4.87. The number of carboxylic acid groups (broad SMARTS) is 1. The number of carbonyl (C=O) groups is 3. The van der Waals surface area contributed by atoms with E-state index in [0.29, 0.717) is 30.5 Å². The number of nitrogens with zero attached hydrogens (tertiary/aromatic N) is 1. The second-order valence-electron chi connectivity index (χ2n) is 11.5. The van der Waals surface area contributed by atoms with Crippen LogP contribution in [0.15, 0.2) is 54.6 Å². The summed E-state index contributed by atoms with van der Waals surface area (Å²) < 4.78 is 5.33. The molecule has 0 radical (unpaired) electrons. The number of fused-ring (bicyclic) bond motifs is 1. The van der Waals surface area contributed by atoms with E-state index in [1.807, 2.05) is 63.2 Å². The largest absolute Gasteiger partial charge is 0.550 e. The lowest BCUT2D eigenvalue weighted by molar-refractivity contribution is -0.386. The van der Waals surface area contributed by atoms with Crippen LogP contribution in [0.5, 0.6) is 0 Å². The number of nitrogens with one attached hydrogen (secondary N) is 2. The number of alkyl carbamates (subject to hydrolysis) is 1. The summed E-state index contributed by atoms with van der Waals surface area (Å²) in [5, 5.41) is 15.8. The normalized spacial score (nSPS) is 16.7. The molecule has 1 aromatic heterocycles. The highest BCUT2D eigenvalue weighted by Gasteiger charge is 2.24. The van der Waals surface area contributed by atoms with E-state index in [0.717, 1.165) is 66.9 Å². The van der Waals surface area contributed by atoms with Gasteiger partial charge in [0.2, 0.25) is 0 Å². The summed E-state index contributed by atoms with van der Waals surface area (Å²) in [6, 6.07) is 17.9. The average molecular weight is 563 g/mol. The lowest BCUT2D eigenvalue weighted by atomic mass is 9.82. The van der Waals surface area contributed by atoms with Gasteiger partial charge in [-0.25, -0.2) is 9.78 Å². The van der Waals surface area contributed by atoms with Gasteiger partial charge in [0.15, 0.2) is 0 Å². The van der Waals surface area contributed by atoms with Crippen molar-refractivity contribution >= 4 is 28.9 Å². The Morgan fingerprint density at radius 2 is 1.51 bits per heavy atom. The predicted octanol–water partition coefficient (Wildman–Crippen LogP) is 3.46. The predicted molar refractivity (Wildman–Crippen MR) is 156 cm³/mol. The van der Waals surface area contributed by atoms with Gasteiger partial charge in [0.05, 0.1) is 23.3 Å². The lowest BCUT2D eigenvalue weighted by Crippen LogP contribution is -2.47. The van der Waals surface area contributed by atoms with Gasteiger partial charge in [0, 0.05) is 35.6 Å². The molecule has 220 valence electrons. The molecular formula is C32H42N4O5. The maximum Gasteiger partial charge on any atom is 0.407 e. The zero-order valence-electron chi connectivity index (χ0n) is 24.5. The number of rotatable bonds is 7. The third-order valence-electron chi connectivity index (χ3n) is 6.95. The number of aromatic nitrogens is 1. The highest BCUT2D eigenvalue weighted by molar-refractivity contribution is 6.07. The van der Waals surface area contributed by atoms with Crippen LogP contribution in [0.3, 0.4) is 0 Å². The van der Waals surface area contributed by atoms with Crippen molar-refractivity contribution in [2.45, 2.75) is 65.5 Å². The third-order valence-corrected chi connectivity index (χ3v) is 6.95. The number of ether oxygens (including phenoxy) is 1. The Morgan fingerprint density at radius 3 is 2.07 bits per heavy atom. The number of benzene rings is 2. The second-order valence-corrected chi connectivity index (χ2v) is 11.5. The number of pyridine rings is 1. The maximum atomic E-state index is 13.3. The van der Waals surface area contributed by atoms with Crippen molar-refractivity contribution in [3.05, 3.63) is 65.7 Å². The monoisotopic (exact) mass is 562 g/mol. The van der Waals surface area contributed by atoms with E-state index >= 15 is 0 Å². The van der Waals surface area contributed by atoms with E-state index in [1.165, 1.54) is 0 Å². The first-order valence-corrected chi connectivity index (χ1v) is 14.2. The molecule has 41 heavy (non-hydrogen) atoms. The number of para-hydroxylation sites is 1. The minimum absolute atomic E-state index is 0.0667. The van der Waals surface area contributed by atoms with Gasteiger partial charge in [-0.15, -0.1) is 0 Å². The number of aliphatic carboxylic acids is 1. The highest BCUT2D eigenvalue weighted by atomic mass is 16.6. The minimum Gasteiger partial charge on any atom is -0.550 e. The Bertz CT molecular complexity index is 1320. The molecule has 0 saturated heterocycles. The molecule has 0 aliphatic heterocycles. The first-order chi connectivity index (χ1) is 19.4. The Labute approximate surface area is 241 Å². The van der Waals surface area contributed by atoms with Crippen LogP contribution in [-0.4, -0.2) is 41.6 Å². The zero-order valence-corrected chi connectivity index (χ0v) is 24.5. The molecule has 3 aromatic rings. The minimum atomic E-state index is -1.08. The fourth-order valence-electron chi connectivity index (χ4n) is 4.87. The number of amides is 2. The fraction of sp³-hybridized carbons (Fsp3) is 0.438. The van der Waals surface area contributed by atoms with Crippen LogP contribution in [0.25, 0.3) is 22.2 Å². The van der Waals surface area contributed by atoms with Crippen LogP contribution < -0.4 is 21.5 Å². The molecule has 1 fully saturated rings. The van der Waals surface area contributed by atoms with Crippen LogP contribution in [-0.2, 0) is 16.1 Å². The standard InChI is InChI=1S/C30H38N4O3.C2H4O2/c1-30(2,3)37-29(36)33-19-22-10-8-21(9-11-22)18-32-28(35)25-16-27(23-14-12-20(17-31)13-15-23)34-26-7-5-4-6-24(25)26;1-2(3)4/h4-7,12-16,21-22H,8-11,17-19,31H2,1-3H3,(H,32,35)(H,33,36);1H3,(H,3,4). The number of quaternary nitrogens is 1. The summed E-state index contributed by atoms with van der Waals surface area (Å²) in [4.78, 5) is 39.0. The van der Waals surface area contributed by atoms with Gasteiger partial charge < -0.3 is 31.0 Å². The van der Waals surface area contributed by atoms with Crippen molar-refractivity contribution < 1.29 is 30.0 Å². The van der Waals surface area contributed by atoms with Crippen LogP contribution >= 0.6 is 0 Å². The third kappa shape index (κ3) is 10.2. The molecule has 4 rings (SSSR count). The van der Waals surface area contributed by atoms with Gasteiger partial charge in [-0.3, -0.25) is 4.79 Å². The van der Waals surface area contributed by atoms with Crippen LogP contribution in [0.4, 0.5) is 4.79 Å². The van der Waals surface area contributed by atoms with E-state index in [2.05, 4.69) is 28.5 Å². The Balaban J connectivity index is 0.00000108. The zero-order chi connectivity index (χ0) is 30.0. The summed E-state index contributed by atoms with van der Waals surface area (Å²) in [6.07, 6.45) is 3.76. The number of carboxylic acids is 1. The molecule has 5 N–H and O–H groups in total. The Hall–Kier alpha value is -3.98. The molecule has 2 amide bonds. The van der Waals surface area contributed by atoms with Crippen molar-refractivity contribution in [2.24, 2.45) is 11.8 Å². The molecule has 1 heterocycles. The number of hydrogen-bond acceptors (Lipinski definition) is 6. The highest BCUT2D eigenvalue weighted by Crippen LogP contribution is 2.29. The van der Waals surface area contributed by atoms with E-state index < -0.39 is 11.6 Å². The molecule has 0 atom stereocenters. The average Bonchev–Trinajstić information content (AvgIpc) is 2.93. The molecular weight excluding hydrogens is 520 g/mol. The van der Waals surface area contributed by atoms with Gasteiger partial charge in [-0.05, 0) is 77.3 Å². The molecule has 0 bridgehead atoms. The summed E-state index contributed by atoms with van der Waals surface area (Å²) in [6.45, 7) is 8.58. The van der Waals surface area contributed by atoms with Crippen molar-refractivity contribution in [2.75, 3.05) is 13.1 Å². The van der Waals surface area contributed by atoms with Gasteiger partial charge in [-0.2, -0.15) is 0 Å². The van der Waals surface area contributed by atoms with E-state index in [9.17, 15) is 9.59 Å². The molecule has 1 aliphatic rings. The van der Waals surface area contributed by atoms with Gasteiger partial charge >= 0.3 is 6.09 Å². The van der Waals surface area contributed by atoms with Gasteiger partial charge in [-0.1, -0.05) is 42.5 Å². The van der Waals surface area contributed by atoms with Crippen LogP contribution in [0.1, 0.15) is 69.3 Å². The Morgan fingerprint density at radius 1 is 0.951 bits per heavy atom. The SMILES string of the molecule is CC(=O)[O-].CC(C)(C)OC(=O)NCC1CCC(CNC(=O)c2cc(-c3ccc(C[NH3+])cc3)nc3ccccc23)CC1.